The molecule has 0 bridgehead atoms. The lowest BCUT2D eigenvalue weighted by Gasteiger charge is -2.00. The molecule has 0 unspecified atom stereocenters. The first kappa shape index (κ1) is 13.0. The zero-order valence-corrected chi connectivity index (χ0v) is 12.4. The fourth-order valence-corrected chi connectivity index (χ4v) is 3.07. The van der Waals surface area contributed by atoms with Gasteiger partial charge < -0.3 is 0 Å². The quantitative estimate of drug-likeness (QED) is 0.692. The van der Waals surface area contributed by atoms with Gasteiger partial charge in [0.2, 0.25) is 0 Å². The molecule has 0 aliphatic rings. The summed E-state index contributed by atoms with van der Waals surface area (Å²) in [6.07, 6.45) is 2.87. The third-order valence-corrected chi connectivity index (χ3v) is 4.31. The summed E-state index contributed by atoms with van der Waals surface area (Å²) in [5.74, 6) is 0. The van der Waals surface area contributed by atoms with Crippen LogP contribution in [-0.4, -0.2) is 9.97 Å². The number of pyridine rings is 1. The number of benzene rings is 1. The Balaban J connectivity index is 2.00. The Kier molecular flexibility index (Phi) is 3.61. The second kappa shape index (κ2) is 5.55. The van der Waals surface area contributed by atoms with Gasteiger partial charge in [0.25, 0.3) is 0 Å². The molecule has 2 heterocycles. The first-order valence-electron chi connectivity index (χ1n) is 6.76. The second-order valence-corrected chi connectivity index (χ2v) is 5.89. The normalized spacial score (nSPS) is 10.7. The third kappa shape index (κ3) is 2.49. The van der Waals surface area contributed by atoms with Crippen molar-refractivity contribution in [3.8, 4) is 22.0 Å². The molecule has 0 atom stereocenters. The van der Waals surface area contributed by atoms with Crippen LogP contribution in [0.3, 0.4) is 0 Å². The molecule has 100 valence electrons. The Labute approximate surface area is 123 Å². The van der Waals surface area contributed by atoms with Crippen LogP contribution in [0, 0.1) is 6.92 Å². The van der Waals surface area contributed by atoms with E-state index in [1.54, 1.807) is 11.3 Å². The minimum absolute atomic E-state index is 0.942. The van der Waals surface area contributed by atoms with Crippen molar-refractivity contribution in [3.05, 3.63) is 59.1 Å². The van der Waals surface area contributed by atoms with E-state index in [9.17, 15) is 0 Å². The fourth-order valence-electron chi connectivity index (χ4n) is 2.16. The molecule has 0 saturated carbocycles. The maximum atomic E-state index is 4.76. The molecule has 0 N–H and O–H groups in total. The summed E-state index contributed by atoms with van der Waals surface area (Å²) in [7, 11) is 0. The van der Waals surface area contributed by atoms with Gasteiger partial charge in [0.15, 0.2) is 0 Å². The first-order valence-corrected chi connectivity index (χ1v) is 7.57. The van der Waals surface area contributed by atoms with Gasteiger partial charge in [-0.1, -0.05) is 37.3 Å². The van der Waals surface area contributed by atoms with Gasteiger partial charge in [-0.3, -0.25) is 4.98 Å². The van der Waals surface area contributed by atoms with E-state index in [1.807, 2.05) is 24.4 Å². The van der Waals surface area contributed by atoms with Gasteiger partial charge in [0, 0.05) is 16.6 Å². The largest absolute Gasteiger partial charge is 0.254 e. The molecular formula is C17H16N2S. The molecule has 0 fully saturated rings. The highest BCUT2D eigenvalue weighted by molar-refractivity contribution is 7.15. The molecular weight excluding hydrogens is 264 g/mol. The van der Waals surface area contributed by atoms with E-state index in [-0.39, 0.29) is 0 Å². The smallest absolute Gasteiger partial charge is 0.142 e. The van der Waals surface area contributed by atoms with Crippen molar-refractivity contribution in [1.82, 2.24) is 9.97 Å². The van der Waals surface area contributed by atoms with Crippen LogP contribution >= 0.6 is 11.3 Å². The zero-order chi connectivity index (χ0) is 13.9. The van der Waals surface area contributed by atoms with Crippen LogP contribution in [0.5, 0.6) is 0 Å². The van der Waals surface area contributed by atoms with Crippen molar-refractivity contribution in [2.45, 2.75) is 20.3 Å². The van der Waals surface area contributed by atoms with Gasteiger partial charge >= 0.3 is 0 Å². The summed E-state index contributed by atoms with van der Waals surface area (Å²) < 4.78 is 0. The summed E-state index contributed by atoms with van der Waals surface area (Å²) in [5.41, 5.74) is 4.54. The van der Waals surface area contributed by atoms with E-state index in [0.29, 0.717) is 0 Å². The van der Waals surface area contributed by atoms with Crippen LogP contribution in [-0.2, 0) is 6.42 Å². The van der Waals surface area contributed by atoms with Gasteiger partial charge in [-0.2, -0.15) is 0 Å². The maximum Gasteiger partial charge on any atom is 0.142 e. The first-order chi connectivity index (χ1) is 9.78. The predicted octanol–water partition coefficient (Wildman–Crippen LogP) is 4.74. The minimum Gasteiger partial charge on any atom is -0.254 e. The molecule has 1 aromatic carbocycles. The Bertz CT molecular complexity index is 700. The van der Waals surface area contributed by atoms with E-state index >= 15 is 0 Å². The van der Waals surface area contributed by atoms with Crippen LogP contribution in [0.25, 0.3) is 22.0 Å². The highest BCUT2D eigenvalue weighted by Gasteiger charge is 2.11. The lowest BCUT2D eigenvalue weighted by atomic mass is 10.1. The summed E-state index contributed by atoms with van der Waals surface area (Å²) in [6.45, 7) is 4.29. The number of nitrogens with zero attached hydrogens (tertiary/aromatic N) is 2. The van der Waals surface area contributed by atoms with Crippen molar-refractivity contribution in [2.24, 2.45) is 0 Å². The second-order valence-electron chi connectivity index (χ2n) is 4.69. The van der Waals surface area contributed by atoms with Crippen molar-refractivity contribution in [2.75, 3.05) is 0 Å². The number of thiazole rings is 1. The molecule has 2 aromatic heterocycles. The molecule has 0 amide bonds. The number of hydrogen-bond donors (Lipinski definition) is 0. The Morgan fingerprint density at radius 1 is 1.05 bits per heavy atom. The molecule has 0 aliphatic carbocycles. The number of rotatable bonds is 3. The number of hydrogen-bond acceptors (Lipinski definition) is 3. The molecule has 20 heavy (non-hydrogen) atoms. The number of aromatic nitrogens is 2. The molecule has 0 radical (unpaired) electrons. The van der Waals surface area contributed by atoms with E-state index in [2.05, 4.69) is 43.1 Å². The highest BCUT2D eigenvalue weighted by atomic mass is 32.1. The van der Waals surface area contributed by atoms with E-state index < -0.39 is 0 Å². The standard InChI is InChI=1S/C17H16N2S/c1-3-13-7-9-14(10-8-13)16-12(2)20-17(19-16)15-6-4-5-11-18-15/h4-11H,3H2,1-2H3. The van der Waals surface area contributed by atoms with Crippen LogP contribution in [0.15, 0.2) is 48.7 Å². The maximum absolute atomic E-state index is 4.76. The molecule has 2 nitrogen and oxygen atoms in total. The van der Waals surface area contributed by atoms with Gasteiger partial charge in [-0.25, -0.2) is 4.98 Å². The Morgan fingerprint density at radius 2 is 1.85 bits per heavy atom. The van der Waals surface area contributed by atoms with Crippen LogP contribution in [0.2, 0.25) is 0 Å². The average molecular weight is 280 g/mol. The lowest BCUT2D eigenvalue weighted by molar-refractivity contribution is 1.14. The van der Waals surface area contributed by atoms with Gasteiger partial charge in [-0.05, 0) is 31.0 Å². The van der Waals surface area contributed by atoms with Crippen molar-refractivity contribution in [3.63, 3.8) is 0 Å². The topological polar surface area (TPSA) is 25.8 Å². The summed E-state index contributed by atoms with van der Waals surface area (Å²) in [4.78, 5) is 10.4. The SMILES string of the molecule is CCc1ccc(-c2nc(-c3ccccn3)sc2C)cc1. The van der Waals surface area contributed by atoms with Gasteiger partial charge in [0.1, 0.15) is 5.01 Å². The van der Waals surface area contributed by atoms with E-state index in [1.165, 1.54) is 16.0 Å². The zero-order valence-electron chi connectivity index (χ0n) is 11.6. The monoisotopic (exact) mass is 280 g/mol. The van der Waals surface area contributed by atoms with Crippen molar-refractivity contribution in [1.29, 1.82) is 0 Å². The van der Waals surface area contributed by atoms with Gasteiger partial charge in [0.05, 0.1) is 11.4 Å². The summed E-state index contributed by atoms with van der Waals surface area (Å²) in [5, 5.41) is 0.984. The van der Waals surface area contributed by atoms with E-state index in [4.69, 9.17) is 4.98 Å². The van der Waals surface area contributed by atoms with Crippen molar-refractivity contribution >= 4 is 11.3 Å². The molecule has 3 aromatic rings. The molecule has 3 rings (SSSR count). The average Bonchev–Trinajstić information content (AvgIpc) is 2.90. The lowest BCUT2D eigenvalue weighted by Crippen LogP contribution is -1.84. The van der Waals surface area contributed by atoms with Gasteiger partial charge in [-0.15, -0.1) is 11.3 Å². The summed E-state index contributed by atoms with van der Waals surface area (Å²) in [6, 6.07) is 14.6. The minimum atomic E-state index is 0.942. The Morgan fingerprint density at radius 3 is 2.50 bits per heavy atom. The fraction of sp³-hybridized carbons (Fsp3) is 0.176. The number of aryl methyl sites for hydroxylation is 2. The third-order valence-electron chi connectivity index (χ3n) is 3.32. The Hall–Kier alpha value is -2.00. The highest BCUT2D eigenvalue weighted by Crippen LogP contribution is 2.32. The molecule has 0 spiro atoms. The molecule has 0 saturated heterocycles. The molecule has 3 heteroatoms. The molecule has 0 aliphatic heterocycles. The van der Waals surface area contributed by atoms with E-state index in [0.717, 1.165) is 22.8 Å². The van der Waals surface area contributed by atoms with Crippen molar-refractivity contribution < 1.29 is 0 Å². The summed E-state index contributed by atoms with van der Waals surface area (Å²) >= 11 is 1.70. The van der Waals surface area contributed by atoms with Crippen LogP contribution in [0.4, 0.5) is 0 Å². The predicted molar refractivity (Wildman–Crippen MR) is 84.9 cm³/mol. The van der Waals surface area contributed by atoms with Crippen LogP contribution < -0.4 is 0 Å². The van der Waals surface area contributed by atoms with Crippen LogP contribution in [0.1, 0.15) is 17.4 Å².